The van der Waals surface area contributed by atoms with Crippen molar-refractivity contribution in [1.82, 2.24) is 4.57 Å². The lowest BCUT2D eigenvalue weighted by molar-refractivity contribution is 1.18. The van der Waals surface area contributed by atoms with Crippen molar-refractivity contribution in [2.24, 2.45) is 0 Å². The molecule has 0 atom stereocenters. The molecule has 2 heteroatoms. The minimum atomic E-state index is 1.06. The molecule has 0 aliphatic heterocycles. The topological polar surface area (TPSA) is 8.17 Å². The van der Waals surface area contributed by atoms with E-state index in [0.29, 0.717) is 0 Å². The molecule has 11 aromatic carbocycles. The molecule has 1 heterocycles. The fourth-order valence-electron chi connectivity index (χ4n) is 10.3. The van der Waals surface area contributed by atoms with Gasteiger partial charge in [0, 0.05) is 33.3 Å². The zero-order valence-corrected chi connectivity index (χ0v) is 37.5. The van der Waals surface area contributed by atoms with Gasteiger partial charge >= 0.3 is 0 Å². The average Bonchev–Trinajstić information content (AvgIpc) is 3.77. The lowest BCUT2D eigenvalue weighted by atomic mass is 9.84. The number of para-hydroxylation sites is 4. The Bertz CT molecular complexity index is 3720. The Morgan fingerprint density at radius 3 is 1.41 bits per heavy atom. The van der Waals surface area contributed by atoms with Crippen LogP contribution in [0, 0.1) is 0 Å². The van der Waals surface area contributed by atoms with Crippen molar-refractivity contribution in [1.29, 1.82) is 0 Å². The van der Waals surface area contributed by atoms with E-state index in [1.807, 2.05) is 0 Å². The van der Waals surface area contributed by atoms with Crippen molar-refractivity contribution < 1.29 is 0 Å². The number of fused-ring (bicyclic) bond motifs is 3. The van der Waals surface area contributed by atoms with Crippen molar-refractivity contribution in [3.8, 4) is 72.4 Å². The van der Waals surface area contributed by atoms with Gasteiger partial charge in [0.25, 0.3) is 0 Å². The van der Waals surface area contributed by atoms with Crippen molar-refractivity contribution in [3.05, 3.63) is 279 Å². The highest BCUT2D eigenvalue weighted by Gasteiger charge is 2.25. The molecule has 68 heavy (non-hydrogen) atoms. The maximum absolute atomic E-state index is 2.48. The van der Waals surface area contributed by atoms with E-state index in [9.17, 15) is 0 Å². The molecule has 0 radical (unpaired) electrons. The van der Waals surface area contributed by atoms with Gasteiger partial charge in [-0.2, -0.15) is 0 Å². The Labute approximate surface area is 397 Å². The van der Waals surface area contributed by atoms with Crippen LogP contribution < -0.4 is 4.90 Å². The van der Waals surface area contributed by atoms with Crippen LogP contribution in [0.2, 0.25) is 0 Å². The highest BCUT2D eigenvalue weighted by Crippen LogP contribution is 2.50. The van der Waals surface area contributed by atoms with Gasteiger partial charge in [0.1, 0.15) is 0 Å². The highest BCUT2D eigenvalue weighted by molar-refractivity contribution is 6.16. The first-order valence-corrected chi connectivity index (χ1v) is 23.4. The minimum Gasteiger partial charge on any atom is -0.309 e. The Kier molecular flexibility index (Phi) is 10.6. The Morgan fingerprint density at radius 1 is 0.265 bits per heavy atom. The maximum Gasteiger partial charge on any atom is 0.0547 e. The number of anilines is 3. The lowest BCUT2D eigenvalue weighted by Gasteiger charge is -2.31. The largest absolute Gasteiger partial charge is 0.309 e. The fraction of sp³-hybridized carbons (Fsp3) is 0. The van der Waals surface area contributed by atoms with Gasteiger partial charge in [0.05, 0.1) is 22.4 Å². The van der Waals surface area contributed by atoms with Gasteiger partial charge in [-0.3, -0.25) is 0 Å². The summed E-state index contributed by atoms with van der Waals surface area (Å²) in [4.78, 5) is 2.48. The van der Waals surface area contributed by atoms with Gasteiger partial charge in [-0.25, -0.2) is 0 Å². The summed E-state index contributed by atoms with van der Waals surface area (Å²) in [7, 11) is 0. The van der Waals surface area contributed by atoms with Crippen LogP contribution >= 0.6 is 0 Å². The molecule has 0 unspecified atom stereocenters. The Hall–Kier alpha value is -8.98. The SMILES string of the molecule is c1ccc(-c2ccccc2-c2c(-c3ccccc3)cccc2-c2ccccc2N(c2cccc(-c3cccc4c3c3ccccc3n4-c3ccccc3)c2)c2ccccc2-c2ccccc2)cc1. The summed E-state index contributed by atoms with van der Waals surface area (Å²) in [5.41, 5.74) is 20.8. The molecule has 12 rings (SSSR count). The molecule has 0 amide bonds. The first kappa shape index (κ1) is 40.5. The van der Waals surface area contributed by atoms with E-state index >= 15 is 0 Å². The molecule has 0 bridgehead atoms. The standard InChI is InChI=1S/C66H46N2/c1-5-24-47(25-6-1)53-34-13-14-37-58(53)65-55(49-28-9-3-10-29-49)39-22-41-59(65)57-36-16-19-43-62(57)68(61-42-18-15-35-54(61)48-26-7-2-8-27-48)52-33-21-30-50(46-52)56-40-23-45-64-66(56)60-38-17-20-44-63(60)67(64)51-31-11-4-12-32-51/h1-46H. The van der Waals surface area contributed by atoms with Crippen LogP contribution in [-0.4, -0.2) is 4.57 Å². The number of rotatable bonds is 10. The van der Waals surface area contributed by atoms with E-state index in [1.165, 1.54) is 60.8 Å². The molecule has 0 aliphatic carbocycles. The van der Waals surface area contributed by atoms with E-state index in [1.54, 1.807) is 0 Å². The zero-order chi connectivity index (χ0) is 45.2. The predicted molar refractivity (Wildman–Crippen MR) is 288 cm³/mol. The van der Waals surface area contributed by atoms with E-state index in [0.717, 1.165) is 50.6 Å². The number of hydrogen-bond acceptors (Lipinski definition) is 1. The van der Waals surface area contributed by atoms with E-state index < -0.39 is 0 Å². The predicted octanol–water partition coefficient (Wildman–Crippen LogP) is 18.3. The van der Waals surface area contributed by atoms with Crippen LogP contribution in [0.25, 0.3) is 94.3 Å². The first-order chi connectivity index (χ1) is 33.8. The van der Waals surface area contributed by atoms with E-state index in [2.05, 4.69) is 289 Å². The summed E-state index contributed by atoms with van der Waals surface area (Å²) in [6, 6.07) is 101. The third-order valence-corrected chi connectivity index (χ3v) is 13.2. The minimum absolute atomic E-state index is 1.06. The van der Waals surface area contributed by atoms with Crippen molar-refractivity contribution in [3.63, 3.8) is 0 Å². The van der Waals surface area contributed by atoms with E-state index in [4.69, 9.17) is 0 Å². The second kappa shape index (κ2) is 17.8. The molecular weight excluding hydrogens is 821 g/mol. The smallest absolute Gasteiger partial charge is 0.0547 e. The molecular formula is C66H46N2. The molecule has 2 nitrogen and oxygen atoms in total. The van der Waals surface area contributed by atoms with Gasteiger partial charge in [-0.1, -0.05) is 231 Å². The molecule has 0 saturated heterocycles. The number of hydrogen-bond donors (Lipinski definition) is 0. The molecule has 0 aliphatic rings. The van der Waals surface area contributed by atoms with Gasteiger partial charge < -0.3 is 9.47 Å². The summed E-state index contributed by atoms with van der Waals surface area (Å²) in [6.45, 7) is 0. The highest BCUT2D eigenvalue weighted by atomic mass is 15.1. The van der Waals surface area contributed by atoms with Gasteiger partial charge in [-0.15, -0.1) is 0 Å². The molecule has 0 spiro atoms. The van der Waals surface area contributed by atoms with Crippen LogP contribution in [0.1, 0.15) is 0 Å². The van der Waals surface area contributed by atoms with Crippen LogP contribution in [0.4, 0.5) is 17.1 Å². The summed E-state index contributed by atoms with van der Waals surface area (Å²) in [6.07, 6.45) is 0. The maximum atomic E-state index is 2.48. The third-order valence-electron chi connectivity index (χ3n) is 13.2. The first-order valence-electron chi connectivity index (χ1n) is 23.4. The molecule has 0 fully saturated rings. The lowest BCUT2D eigenvalue weighted by Crippen LogP contribution is -2.12. The summed E-state index contributed by atoms with van der Waals surface area (Å²) >= 11 is 0. The van der Waals surface area contributed by atoms with Crippen LogP contribution in [0.5, 0.6) is 0 Å². The average molecular weight is 867 g/mol. The number of aromatic nitrogens is 1. The molecule has 320 valence electrons. The van der Waals surface area contributed by atoms with Gasteiger partial charge in [0.2, 0.25) is 0 Å². The van der Waals surface area contributed by atoms with Gasteiger partial charge in [0.15, 0.2) is 0 Å². The molecule has 0 saturated carbocycles. The number of benzene rings is 11. The van der Waals surface area contributed by atoms with Crippen LogP contribution in [0.15, 0.2) is 279 Å². The number of nitrogens with zero attached hydrogens (tertiary/aromatic N) is 2. The quantitative estimate of drug-likeness (QED) is 0.133. The second-order valence-electron chi connectivity index (χ2n) is 17.2. The Balaban J connectivity index is 1.12. The second-order valence-corrected chi connectivity index (χ2v) is 17.2. The molecule has 12 aromatic rings. The van der Waals surface area contributed by atoms with E-state index in [-0.39, 0.29) is 0 Å². The summed E-state index contributed by atoms with van der Waals surface area (Å²) in [5, 5.41) is 2.46. The van der Waals surface area contributed by atoms with Gasteiger partial charge in [-0.05, 0) is 104 Å². The molecule has 0 N–H and O–H groups in total. The van der Waals surface area contributed by atoms with Crippen LogP contribution in [0.3, 0.4) is 0 Å². The summed E-state index contributed by atoms with van der Waals surface area (Å²) in [5.74, 6) is 0. The fourth-order valence-corrected chi connectivity index (χ4v) is 10.3. The van der Waals surface area contributed by atoms with Crippen molar-refractivity contribution in [2.45, 2.75) is 0 Å². The van der Waals surface area contributed by atoms with Crippen molar-refractivity contribution in [2.75, 3.05) is 4.90 Å². The Morgan fingerprint density at radius 2 is 0.706 bits per heavy atom. The monoisotopic (exact) mass is 866 g/mol. The normalized spacial score (nSPS) is 11.2. The summed E-state index contributed by atoms with van der Waals surface area (Å²) < 4.78 is 2.40. The van der Waals surface area contributed by atoms with Crippen LogP contribution in [-0.2, 0) is 0 Å². The third kappa shape index (κ3) is 7.26. The van der Waals surface area contributed by atoms with Crippen molar-refractivity contribution >= 4 is 38.9 Å². The molecule has 1 aromatic heterocycles. The zero-order valence-electron chi connectivity index (χ0n) is 37.5.